The van der Waals surface area contributed by atoms with E-state index in [1.54, 1.807) is 6.92 Å². The Hall–Kier alpha value is -1.67. The van der Waals surface area contributed by atoms with Gasteiger partial charge in [0.2, 0.25) is 5.91 Å². The van der Waals surface area contributed by atoms with Crippen LogP contribution in [0.5, 0.6) is 0 Å². The molecule has 0 saturated carbocycles. The highest BCUT2D eigenvalue weighted by Gasteiger charge is 2.34. The number of piperidine rings is 1. The number of primary amides is 1. The van der Waals surface area contributed by atoms with Gasteiger partial charge in [0.25, 0.3) is 0 Å². The van der Waals surface area contributed by atoms with E-state index in [1.807, 2.05) is 11.8 Å². The number of rotatable bonds is 4. The van der Waals surface area contributed by atoms with Crippen molar-refractivity contribution in [3.05, 3.63) is 21.1 Å². The Morgan fingerprint density at radius 3 is 2.81 bits per heavy atom. The lowest BCUT2D eigenvalue weighted by atomic mass is 9.93. The van der Waals surface area contributed by atoms with Crippen LogP contribution in [0.4, 0.5) is 10.7 Å². The highest BCUT2D eigenvalue weighted by Crippen LogP contribution is 2.42. The van der Waals surface area contributed by atoms with Crippen LogP contribution in [0.15, 0.2) is 6.07 Å². The molecule has 1 aliphatic heterocycles. The summed E-state index contributed by atoms with van der Waals surface area (Å²) < 4.78 is 0. The highest BCUT2D eigenvalue weighted by molar-refractivity contribution is 7.16. The van der Waals surface area contributed by atoms with Gasteiger partial charge in [0, 0.05) is 23.5 Å². The summed E-state index contributed by atoms with van der Waals surface area (Å²) in [5.74, 6) is -0.667. The molecule has 0 spiro atoms. The van der Waals surface area contributed by atoms with Crippen LogP contribution >= 0.6 is 11.3 Å². The molecule has 21 heavy (non-hydrogen) atoms. The first-order valence-electron chi connectivity index (χ1n) is 6.83. The normalized spacial score (nSPS) is 23.9. The van der Waals surface area contributed by atoms with Gasteiger partial charge in [-0.2, -0.15) is 0 Å². The highest BCUT2D eigenvalue weighted by atomic mass is 32.1. The second-order valence-corrected chi connectivity index (χ2v) is 6.51. The zero-order valence-corrected chi connectivity index (χ0v) is 12.8. The summed E-state index contributed by atoms with van der Waals surface area (Å²) in [5, 5.41) is 21.4. The Balaban J connectivity index is 2.38. The first kappa shape index (κ1) is 15.7. The second kappa shape index (κ2) is 5.98. The summed E-state index contributed by atoms with van der Waals surface area (Å²) in [6.07, 6.45) is 0.705. The number of hydrogen-bond acceptors (Lipinski definition) is 6. The van der Waals surface area contributed by atoms with Crippen LogP contribution in [0.25, 0.3) is 0 Å². The monoisotopic (exact) mass is 313 g/mol. The fraction of sp³-hybridized carbons (Fsp3) is 0.615. The van der Waals surface area contributed by atoms with Crippen molar-refractivity contribution in [1.29, 1.82) is 0 Å². The summed E-state index contributed by atoms with van der Waals surface area (Å²) in [5.41, 5.74) is 5.35. The molecule has 0 aromatic carbocycles. The maximum Gasteiger partial charge on any atom is 0.304 e. The van der Waals surface area contributed by atoms with Crippen molar-refractivity contribution in [3.63, 3.8) is 0 Å². The standard InChI is InChI=1S/C13H19N3O4S/c1-7-3-4-9(12(14)18)6-15(7)13-10(16(19)20)5-11(21-13)8(2)17/h5,7-9,17H,3-4,6H2,1-2H3,(H2,14,18). The first-order valence-corrected chi connectivity index (χ1v) is 7.65. The SMILES string of the molecule is CC(O)c1cc([N+](=O)[O-])c(N2CC(C(N)=O)CCC2C)s1. The van der Waals surface area contributed by atoms with Crippen molar-refractivity contribution in [1.82, 2.24) is 0 Å². The lowest BCUT2D eigenvalue weighted by Crippen LogP contribution is -2.45. The zero-order chi connectivity index (χ0) is 15.7. The molecule has 1 fully saturated rings. The topological polar surface area (TPSA) is 110 Å². The van der Waals surface area contributed by atoms with Gasteiger partial charge in [0.15, 0.2) is 5.00 Å². The molecule has 0 radical (unpaired) electrons. The number of carbonyl (C=O) groups excluding carboxylic acids is 1. The predicted molar refractivity (Wildman–Crippen MR) is 80.3 cm³/mol. The number of aliphatic hydroxyl groups is 1. The molecular weight excluding hydrogens is 294 g/mol. The fourth-order valence-corrected chi connectivity index (χ4v) is 3.73. The van der Waals surface area contributed by atoms with Gasteiger partial charge in [0.05, 0.1) is 16.9 Å². The number of nitro groups is 1. The molecule has 3 unspecified atom stereocenters. The van der Waals surface area contributed by atoms with Gasteiger partial charge in [-0.1, -0.05) is 0 Å². The lowest BCUT2D eigenvalue weighted by Gasteiger charge is -2.37. The number of nitrogens with zero attached hydrogens (tertiary/aromatic N) is 2. The van der Waals surface area contributed by atoms with Gasteiger partial charge >= 0.3 is 5.69 Å². The van der Waals surface area contributed by atoms with Crippen LogP contribution in [0.1, 0.15) is 37.7 Å². The molecule has 3 atom stereocenters. The molecule has 1 amide bonds. The van der Waals surface area contributed by atoms with Gasteiger partial charge in [0.1, 0.15) is 0 Å². The van der Waals surface area contributed by atoms with E-state index in [0.29, 0.717) is 22.8 Å². The summed E-state index contributed by atoms with van der Waals surface area (Å²) >= 11 is 1.20. The molecule has 1 aromatic rings. The maximum atomic E-state index is 11.4. The molecule has 116 valence electrons. The zero-order valence-electron chi connectivity index (χ0n) is 12.0. The molecule has 2 heterocycles. The molecule has 0 aliphatic carbocycles. The molecule has 1 aliphatic rings. The summed E-state index contributed by atoms with van der Waals surface area (Å²) in [7, 11) is 0. The van der Waals surface area contributed by atoms with Crippen LogP contribution in [0, 0.1) is 16.0 Å². The Kier molecular flexibility index (Phi) is 4.48. The number of anilines is 1. The van der Waals surface area contributed by atoms with E-state index in [4.69, 9.17) is 5.73 Å². The minimum atomic E-state index is -0.755. The largest absolute Gasteiger partial charge is 0.388 e. The molecule has 7 nitrogen and oxygen atoms in total. The van der Waals surface area contributed by atoms with E-state index < -0.39 is 11.0 Å². The van der Waals surface area contributed by atoms with Crippen LogP contribution in [-0.2, 0) is 4.79 Å². The smallest absolute Gasteiger partial charge is 0.304 e. The predicted octanol–water partition coefficient (Wildman–Crippen LogP) is 1.80. The minimum Gasteiger partial charge on any atom is -0.388 e. The number of carbonyl (C=O) groups is 1. The van der Waals surface area contributed by atoms with E-state index in [2.05, 4.69) is 0 Å². The number of hydrogen-bond donors (Lipinski definition) is 2. The first-order chi connectivity index (χ1) is 9.81. The van der Waals surface area contributed by atoms with Gasteiger partial charge in [-0.3, -0.25) is 14.9 Å². The third-order valence-corrected chi connectivity index (χ3v) is 5.20. The number of amides is 1. The summed E-state index contributed by atoms with van der Waals surface area (Å²) in [4.78, 5) is 24.6. The van der Waals surface area contributed by atoms with Crippen molar-refractivity contribution in [2.75, 3.05) is 11.4 Å². The van der Waals surface area contributed by atoms with E-state index in [9.17, 15) is 20.0 Å². The third kappa shape index (κ3) is 3.16. The van der Waals surface area contributed by atoms with Gasteiger partial charge in [-0.25, -0.2) is 0 Å². The van der Waals surface area contributed by atoms with Crippen LogP contribution in [-0.4, -0.2) is 28.5 Å². The van der Waals surface area contributed by atoms with Gasteiger partial charge in [-0.05, 0) is 26.7 Å². The Morgan fingerprint density at radius 1 is 1.62 bits per heavy atom. The Bertz CT molecular complexity index is 558. The third-order valence-electron chi connectivity index (χ3n) is 3.87. The molecule has 1 saturated heterocycles. The molecule has 0 bridgehead atoms. The van der Waals surface area contributed by atoms with E-state index in [-0.39, 0.29) is 23.6 Å². The van der Waals surface area contributed by atoms with Crippen LogP contribution in [0.2, 0.25) is 0 Å². The fourth-order valence-electron chi connectivity index (χ4n) is 2.55. The van der Waals surface area contributed by atoms with Gasteiger partial charge < -0.3 is 15.7 Å². The molecule has 3 N–H and O–H groups in total. The van der Waals surface area contributed by atoms with E-state index in [0.717, 1.165) is 6.42 Å². The van der Waals surface area contributed by atoms with Crippen molar-refractivity contribution < 1.29 is 14.8 Å². The average Bonchev–Trinajstić information content (AvgIpc) is 2.84. The minimum absolute atomic E-state index is 0.0205. The summed E-state index contributed by atoms with van der Waals surface area (Å²) in [6, 6.07) is 1.51. The van der Waals surface area contributed by atoms with E-state index in [1.165, 1.54) is 17.4 Å². The van der Waals surface area contributed by atoms with Crippen LogP contribution < -0.4 is 10.6 Å². The second-order valence-electron chi connectivity index (χ2n) is 5.45. The van der Waals surface area contributed by atoms with Crippen molar-refractivity contribution in [2.45, 2.75) is 38.8 Å². The molecule has 2 rings (SSSR count). The lowest BCUT2D eigenvalue weighted by molar-refractivity contribution is -0.383. The number of aliphatic hydroxyl groups excluding tert-OH is 1. The Morgan fingerprint density at radius 2 is 2.29 bits per heavy atom. The number of thiophene rings is 1. The Labute approximate surface area is 126 Å². The molecule has 1 aromatic heterocycles. The molecule has 8 heteroatoms. The average molecular weight is 313 g/mol. The molecular formula is C13H19N3O4S. The van der Waals surface area contributed by atoms with Crippen molar-refractivity contribution in [2.24, 2.45) is 11.7 Å². The maximum absolute atomic E-state index is 11.4. The van der Waals surface area contributed by atoms with Crippen molar-refractivity contribution in [3.8, 4) is 0 Å². The van der Waals surface area contributed by atoms with Gasteiger partial charge in [-0.15, -0.1) is 11.3 Å². The summed E-state index contributed by atoms with van der Waals surface area (Å²) in [6.45, 7) is 3.94. The van der Waals surface area contributed by atoms with Crippen molar-refractivity contribution >= 4 is 27.9 Å². The van der Waals surface area contributed by atoms with Crippen LogP contribution in [0.3, 0.4) is 0 Å². The van der Waals surface area contributed by atoms with E-state index >= 15 is 0 Å². The number of nitrogens with two attached hydrogens (primary N) is 1. The quantitative estimate of drug-likeness (QED) is 0.650.